The van der Waals surface area contributed by atoms with Crippen LogP contribution in [0.2, 0.25) is 0 Å². The van der Waals surface area contributed by atoms with Crippen LogP contribution >= 0.6 is 0 Å². The van der Waals surface area contributed by atoms with Crippen LogP contribution in [-0.2, 0) is 21.4 Å². The van der Waals surface area contributed by atoms with E-state index in [-0.39, 0.29) is 29.8 Å². The lowest BCUT2D eigenvalue weighted by molar-refractivity contribution is -0.121. The number of nitrogens with one attached hydrogen (secondary N) is 2. The summed E-state index contributed by atoms with van der Waals surface area (Å²) in [6.45, 7) is 5.86. The summed E-state index contributed by atoms with van der Waals surface area (Å²) in [6, 6.07) is 5.02. The molecule has 6 nitrogen and oxygen atoms in total. The number of aryl methyl sites for hydroxylation is 1. The number of hydrogen-bond donors (Lipinski definition) is 3. The normalized spacial score (nSPS) is 11.7. The Balaban J connectivity index is 2.68. The first-order valence-corrected chi connectivity index (χ1v) is 8.33. The van der Waals surface area contributed by atoms with E-state index in [0.717, 1.165) is 5.56 Å². The highest BCUT2D eigenvalue weighted by atomic mass is 32.2. The highest BCUT2D eigenvalue weighted by Gasteiger charge is 2.17. The number of carbonyl (C=O) groups excluding carboxylic acids is 1. The Morgan fingerprint density at radius 1 is 1.33 bits per heavy atom. The van der Waals surface area contributed by atoms with Gasteiger partial charge in [-0.15, -0.1) is 0 Å². The van der Waals surface area contributed by atoms with Crippen LogP contribution in [0, 0.1) is 6.92 Å². The molecule has 1 amide bonds. The minimum absolute atomic E-state index is 0.0418. The fourth-order valence-corrected chi connectivity index (χ4v) is 3.17. The second-order valence-corrected chi connectivity index (χ2v) is 6.91. The van der Waals surface area contributed by atoms with Gasteiger partial charge in [0.1, 0.15) is 0 Å². The molecule has 0 unspecified atom stereocenters. The third-order valence-corrected chi connectivity index (χ3v) is 4.48. The number of carbonyl (C=O) groups is 1. The molecule has 0 spiro atoms. The van der Waals surface area contributed by atoms with E-state index in [4.69, 9.17) is 5.73 Å². The summed E-state index contributed by atoms with van der Waals surface area (Å²) in [6.07, 6.45) is 0.108. The molecule has 0 aromatic heterocycles. The Hall–Kier alpha value is -1.44. The fourth-order valence-electron chi connectivity index (χ4n) is 1.91. The Kier molecular flexibility index (Phi) is 6.32. The van der Waals surface area contributed by atoms with Crippen molar-refractivity contribution in [2.45, 2.75) is 44.7 Å². The summed E-state index contributed by atoms with van der Waals surface area (Å²) in [4.78, 5) is 11.7. The maximum absolute atomic E-state index is 12.2. The molecule has 0 atom stereocenters. The van der Waals surface area contributed by atoms with Crippen molar-refractivity contribution in [2.24, 2.45) is 5.73 Å². The zero-order valence-electron chi connectivity index (χ0n) is 12.6. The molecule has 0 fully saturated rings. The Morgan fingerprint density at radius 3 is 2.52 bits per heavy atom. The van der Waals surface area contributed by atoms with Crippen LogP contribution in [0.5, 0.6) is 0 Å². The number of sulfonamides is 1. The topological polar surface area (TPSA) is 101 Å². The van der Waals surface area contributed by atoms with E-state index in [9.17, 15) is 13.2 Å². The third-order valence-electron chi connectivity index (χ3n) is 2.86. The zero-order valence-corrected chi connectivity index (χ0v) is 13.5. The molecule has 1 aromatic carbocycles. The van der Waals surface area contributed by atoms with Crippen LogP contribution in [0.3, 0.4) is 0 Å². The number of hydrogen-bond acceptors (Lipinski definition) is 4. The van der Waals surface area contributed by atoms with Crippen LogP contribution in [0.1, 0.15) is 31.4 Å². The van der Waals surface area contributed by atoms with Crippen molar-refractivity contribution in [3.63, 3.8) is 0 Å². The fraction of sp³-hybridized carbons (Fsp3) is 0.500. The summed E-state index contributed by atoms with van der Waals surface area (Å²) in [7, 11) is -3.61. The summed E-state index contributed by atoms with van der Waals surface area (Å²) in [5.41, 5.74) is 7.04. The van der Waals surface area contributed by atoms with Crippen molar-refractivity contribution in [2.75, 3.05) is 6.54 Å². The van der Waals surface area contributed by atoms with Gasteiger partial charge in [0.15, 0.2) is 0 Å². The molecule has 0 aliphatic heterocycles. The van der Waals surface area contributed by atoms with Gasteiger partial charge in [0.25, 0.3) is 0 Å². The highest BCUT2D eigenvalue weighted by molar-refractivity contribution is 7.89. The summed E-state index contributed by atoms with van der Waals surface area (Å²) in [5, 5.41) is 2.71. The maximum Gasteiger partial charge on any atom is 0.240 e. The largest absolute Gasteiger partial charge is 0.354 e. The lowest BCUT2D eigenvalue weighted by Gasteiger charge is -2.11. The van der Waals surface area contributed by atoms with Crippen molar-refractivity contribution in [1.82, 2.24) is 10.0 Å². The number of amides is 1. The molecule has 118 valence electrons. The van der Waals surface area contributed by atoms with Gasteiger partial charge in [-0.3, -0.25) is 4.79 Å². The van der Waals surface area contributed by atoms with Gasteiger partial charge in [-0.2, -0.15) is 0 Å². The quantitative estimate of drug-likeness (QED) is 0.688. The molecule has 0 saturated heterocycles. The van der Waals surface area contributed by atoms with E-state index >= 15 is 0 Å². The van der Waals surface area contributed by atoms with Crippen LogP contribution in [-0.4, -0.2) is 26.9 Å². The van der Waals surface area contributed by atoms with Gasteiger partial charge in [0, 0.05) is 25.6 Å². The van der Waals surface area contributed by atoms with Crippen molar-refractivity contribution in [1.29, 1.82) is 0 Å². The molecular weight excluding hydrogens is 290 g/mol. The van der Waals surface area contributed by atoms with Gasteiger partial charge in [-0.25, -0.2) is 13.1 Å². The van der Waals surface area contributed by atoms with E-state index in [0.29, 0.717) is 12.1 Å². The summed E-state index contributed by atoms with van der Waals surface area (Å²) < 4.78 is 26.8. The Labute approximate surface area is 126 Å². The number of rotatable bonds is 7. The minimum Gasteiger partial charge on any atom is -0.354 e. The van der Waals surface area contributed by atoms with Gasteiger partial charge >= 0.3 is 0 Å². The van der Waals surface area contributed by atoms with Gasteiger partial charge in [0.2, 0.25) is 15.9 Å². The van der Waals surface area contributed by atoms with Gasteiger partial charge in [0.05, 0.1) is 4.90 Å². The molecule has 0 heterocycles. The molecule has 1 aromatic rings. The molecule has 0 aliphatic rings. The van der Waals surface area contributed by atoms with E-state index in [1.165, 1.54) is 6.07 Å². The van der Waals surface area contributed by atoms with E-state index in [1.54, 1.807) is 19.1 Å². The van der Waals surface area contributed by atoms with Crippen LogP contribution in [0.25, 0.3) is 0 Å². The van der Waals surface area contributed by atoms with E-state index in [2.05, 4.69) is 10.0 Å². The third kappa shape index (κ3) is 5.45. The number of nitrogens with two attached hydrogens (primary N) is 1. The smallest absolute Gasteiger partial charge is 0.240 e. The average Bonchev–Trinajstić information content (AvgIpc) is 2.36. The molecular formula is C14H23N3O3S. The molecule has 7 heteroatoms. The van der Waals surface area contributed by atoms with Crippen molar-refractivity contribution >= 4 is 15.9 Å². The minimum atomic E-state index is -3.61. The first kappa shape index (κ1) is 17.6. The highest BCUT2D eigenvalue weighted by Crippen LogP contribution is 2.16. The van der Waals surface area contributed by atoms with Crippen molar-refractivity contribution in [3.8, 4) is 0 Å². The van der Waals surface area contributed by atoms with Gasteiger partial charge in [-0.1, -0.05) is 12.1 Å². The lowest BCUT2D eigenvalue weighted by Crippen LogP contribution is -2.34. The van der Waals surface area contributed by atoms with Crippen molar-refractivity contribution < 1.29 is 13.2 Å². The van der Waals surface area contributed by atoms with Crippen LogP contribution in [0.4, 0.5) is 0 Å². The first-order chi connectivity index (χ1) is 9.76. The van der Waals surface area contributed by atoms with E-state index in [1.807, 2.05) is 13.8 Å². The number of benzene rings is 1. The molecule has 21 heavy (non-hydrogen) atoms. The predicted molar refractivity (Wildman–Crippen MR) is 82.2 cm³/mol. The van der Waals surface area contributed by atoms with Crippen LogP contribution < -0.4 is 15.8 Å². The zero-order chi connectivity index (χ0) is 16.0. The molecule has 0 bridgehead atoms. The second kappa shape index (κ2) is 7.53. The molecule has 0 aliphatic carbocycles. The maximum atomic E-state index is 12.2. The molecule has 4 N–H and O–H groups in total. The SMILES string of the molecule is Cc1cc(CN)ccc1S(=O)(=O)NCCC(=O)NC(C)C. The van der Waals surface area contributed by atoms with E-state index < -0.39 is 10.0 Å². The Morgan fingerprint density at radius 2 is 2.00 bits per heavy atom. The van der Waals surface area contributed by atoms with Gasteiger partial charge < -0.3 is 11.1 Å². The second-order valence-electron chi connectivity index (χ2n) is 5.17. The molecule has 0 saturated carbocycles. The monoisotopic (exact) mass is 313 g/mol. The summed E-state index contributed by atoms with van der Waals surface area (Å²) in [5.74, 6) is -0.178. The molecule has 1 rings (SSSR count). The van der Waals surface area contributed by atoms with Gasteiger partial charge in [-0.05, 0) is 38.0 Å². The summed E-state index contributed by atoms with van der Waals surface area (Å²) >= 11 is 0. The predicted octanol–water partition coefficient (Wildman–Crippen LogP) is 0.647. The Bertz CT molecular complexity index is 597. The average molecular weight is 313 g/mol. The lowest BCUT2D eigenvalue weighted by atomic mass is 10.1. The first-order valence-electron chi connectivity index (χ1n) is 6.85. The molecule has 0 radical (unpaired) electrons. The van der Waals surface area contributed by atoms with Crippen molar-refractivity contribution in [3.05, 3.63) is 29.3 Å². The standard InChI is InChI=1S/C14H23N3O3S/c1-10(2)17-14(18)6-7-16-21(19,20)13-5-4-12(9-15)8-11(13)3/h4-5,8,10,16H,6-7,9,15H2,1-3H3,(H,17,18). The van der Waals surface area contributed by atoms with Crippen LogP contribution in [0.15, 0.2) is 23.1 Å².